The van der Waals surface area contributed by atoms with E-state index >= 15 is 0 Å². The molecule has 2 aromatic rings. The summed E-state index contributed by atoms with van der Waals surface area (Å²) in [5, 5.41) is 12.4. The molecule has 4 heteroatoms. The molecule has 16 heavy (non-hydrogen) atoms. The van der Waals surface area contributed by atoms with Crippen molar-refractivity contribution in [3.05, 3.63) is 41.1 Å². The summed E-state index contributed by atoms with van der Waals surface area (Å²) >= 11 is 0. The van der Waals surface area contributed by atoms with Crippen LogP contribution in [0.1, 0.15) is 21.6 Å². The molecule has 82 valence electrons. The summed E-state index contributed by atoms with van der Waals surface area (Å²) < 4.78 is 5.07. The Labute approximate surface area is 92.5 Å². The van der Waals surface area contributed by atoms with Crippen LogP contribution in [0.15, 0.2) is 28.8 Å². The number of carboxylic acid groups (broad SMARTS) is 1. The first-order chi connectivity index (χ1) is 7.59. The molecule has 0 bridgehead atoms. The van der Waals surface area contributed by atoms with Gasteiger partial charge in [0.2, 0.25) is 0 Å². The minimum atomic E-state index is -1.07. The van der Waals surface area contributed by atoms with Gasteiger partial charge in [0, 0.05) is 11.1 Å². The molecular formula is C12H11NO3. The van der Waals surface area contributed by atoms with Crippen LogP contribution in [-0.4, -0.2) is 16.2 Å². The van der Waals surface area contributed by atoms with Crippen molar-refractivity contribution in [3.63, 3.8) is 0 Å². The number of carboxylic acids is 1. The molecule has 0 saturated carbocycles. The van der Waals surface area contributed by atoms with Crippen molar-refractivity contribution in [1.82, 2.24) is 5.16 Å². The molecular weight excluding hydrogens is 206 g/mol. The van der Waals surface area contributed by atoms with Gasteiger partial charge in [0.05, 0.1) is 0 Å². The number of aryl methyl sites for hydroxylation is 1. The van der Waals surface area contributed by atoms with Gasteiger partial charge >= 0.3 is 5.97 Å². The van der Waals surface area contributed by atoms with E-state index in [1.54, 1.807) is 6.92 Å². The van der Waals surface area contributed by atoms with E-state index in [9.17, 15) is 4.79 Å². The lowest BCUT2D eigenvalue weighted by Crippen LogP contribution is -1.98. The van der Waals surface area contributed by atoms with E-state index in [-0.39, 0.29) is 5.69 Å². The van der Waals surface area contributed by atoms with Gasteiger partial charge in [-0.15, -0.1) is 0 Å². The summed E-state index contributed by atoms with van der Waals surface area (Å²) in [6.45, 7) is 3.66. The number of benzene rings is 1. The number of carbonyl (C=O) groups is 1. The number of aromatic carboxylic acids is 1. The molecule has 1 N–H and O–H groups in total. The van der Waals surface area contributed by atoms with Crippen LogP contribution in [0.25, 0.3) is 11.3 Å². The van der Waals surface area contributed by atoms with Crippen LogP contribution in [0.5, 0.6) is 0 Å². The highest BCUT2D eigenvalue weighted by Crippen LogP contribution is 2.26. The van der Waals surface area contributed by atoms with E-state index in [1.807, 2.05) is 31.2 Å². The largest absolute Gasteiger partial charge is 0.476 e. The van der Waals surface area contributed by atoms with Gasteiger partial charge in [-0.25, -0.2) is 4.79 Å². The van der Waals surface area contributed by atoms with E-state index in [4.69, 9.17) is 9.63 Å². The topological polar surface area (TPSA) is 63.3 Å². The van der Waals surface area contributed by atoms with E-state index in [2.05, 4.69) is 5.16 Å². The minimum Gasteiger partial charge on any atom is -0.476 e. The molecule has 1 heterocycles. The monoisotopic (exact) mass is 217 g/mol. The van der Waals surface area contributed by atoms with Gasteiger partial charge in [-0.2, -0.15) is 0 Å². The Bertz CT molecular complexity index is 543. The lowest BCUT2D eigenvalue weighted by atomic mass is 10.1. The molecule has 4 nitrogen and oxygen atoms in total. The van der Waals surface area contributed by atoms with Crippen LogP contribution in [0, 0.1) is 13.8 Å². The molecule has 0 aliphatic heterocycles. The number of hydrogen-bond donors (Lipinski definition) is 1. The van der Waals surface area contributed by atoms with Crippen LogP contribution in [-0.2, 0) is 0 Å². The molecule has 0 aliphatic carbocycles. The molecule has 1 aromatic carbocycles. The summed E-state index contributed by atoms with van der Waals surface area (Å²) in [6, 6.07) is 7.66. The van der Waals surface area contributed by atoms with E-state index < -0.39 is 5.97 Å². The van der Waals surface area contributed by atoms with Crippen molar-refractivity contribution >= 4 is 5.97 Å². The highest BCUT2D eigenvalue weighted by Gasteiger charge is 2.18. The second-order valence-electron chi connectivity index (χ2n) is 3.66. The van der Waals surface area contributed by atoms with Gasteiger partial charge in [-0.3, -0.25) is 0 Å². The third-order valence-electron chi connectivity index (χ3n) is 2.41. The summed E-state index contributed by atoms with van der Waals surface area (Å²) in [5.74, 6) is -0.554. The smallest absolute Gasteiger partial charge is 0.358 e. The fourth-order valence-corrected chi connectivity index (χ4v) is 1.59. The fourth-order valence-electron chi connectivity index (χ4n) is 1.59. The maximum atomic E-state index is 10.8. The zero-order valence-electron chi connectivity index (χ0n) is 9.02. The Hall–Kier alpha value is -2.10. The van der Waals surface area contributed by atoms with E-state index in [1.165, 1.54) is 0 Å². The molecule has 0 atom stereocenters. The molecule has 0 fully saturated rings. The third-order valence-corrected chi connectivity index (χ3v) is 2.41. The van der Waals surface area contributed by atoms with Gasteiger partial charge in [0.15, 0.2) is 11.5 Å². The van der Waals surface area contributed by atoms with Gasteiger partial charge in [0.25, 0.3) is 0 Å². The Morgan fingerprint density at radius 1 is 1.38 bits per heavy atom. The zero-order chi connectivity index (χ0) is 11.7. The van der Waals surface area contributed by atoms with Crippen LogP contribution in [0.4, 0.5) is 0 Å². The van der Waals surface area contributed by atoms with Crippen LogP contribution >= 0.6 is 0 Å². The molecule has 0 amide bonds. The van der Waals surface area contributed by atoms with Gasteiger partial charge in [0.1, 0.15) is 0 Å². The van der Waals surface area contributed by atoms with E-state index in [0.29, 0.717) is 11.3 Å². The van der Waals surface area contributed by atoms with Crippen molar-refractivity contribution in [2.75, 3.05) is 0 Å². The first-order valence-electron chi connectivity index (χ1n) is 4.86. The van der Waals surface area contributed by atoms with Gasteiger partial charge in [-0.05, 0) is 19.9 Å². The fraction of sp³-hybridized carbons (Fsp3) is 0.167. The lowest BCUT2D eigenvalue weighted by molar-refractivity contribution is 0.0685. The minimum absolute atomic E-state index is 0.0310. The first-order valence-corrected chi connectivity index (χ1v) is 4.86. The molecule has 1 aromatic heterocycles. The Morgan fingerprint density at radius 2 is 2.12 bits per heavy atom. The number of hydrogen-bond acceptors (Lipinski definition) is 3. The predicted octanol–water partition coefficient (Wildman–Crippen LogP) is 2.66. The van der Waals surface area contributed by atoms with Crippen LogP contribution in [0.3, 0.4) is 0 Å². The normalized spacial score (nSPS) is 10.4. The molecule has 0 saturated heterocycles. The van der Waals surface area contributed by atoms with Crippen LogP contribution in [0.2, 0.25) is 0 Å². The van der Waals surface area contributed by atoms with E-state index in [0.717, 1.165) is 11.1 Å². The molecule has 0 aliphatic rings. The highest BCUT2D eigenvalue weighted by atomic mass is 16.5. The van der Waals surface area contributed by atoms with Crippen molar-refractivity contribution in [3.8, 4) is 11.3 Å². The van der Waals surface area contributed by atoms with Gasteiger partial charge in [-0.1, -0.05) is 28.9 Å². The van der Waals surface area contributed by atoms with Crippen molar-refractivity contribution in [2.24, 2.45) is 0 Å². The third kappa shape index (κ3) is 1.69. The highest BCUT2D eigenvalue weighted by molar-refractivity contribution is 5.88. The Balaban J connectivity index is 2.53. The summed E-state index contributed by atoms with van der Waals surface area (Å²) in [6.07, 6.45) is 0. The SMILES string of the molecule is Cc1cccc(-c2onc(C(=O)O)c2C)c1. The van der Waals surface area contributed by atoms with Gasteiger partial charge < -0.3 is 9.63 Å². The number of rotatable bonds is 2. The Morgan fingerprint density at radius 3 is 2.69 bits per heavy atom. The van der Waals surface area contributed by atoms with Crippen molar-refractivity contribution in [1.29, 1.82) is 0 Å². The summed E-state index contributed by atoms with van der Waals surface area (Å²) in [5.41, 5.74) is 2.46. The lowest BCUT2D eigenvalue weighted by Gasteiger charge is -1.98. The van der Waals surface area contributed by atoms with Crippen molar-refractivity contribution in [2.45, 2.75) is 13.8 Å². The second-order valence-corrected chi connectivity index (χ2v) is 3.66. The molecule has 0 unspecified atom stereocenters. The maximum Gasteiger partial charge on any atom is 0.358 e. The average molecular weight is 217 g/mol. The van der Waals surface area contributed by atoms with Crippen LogP contribution < -0.4 is 0 Å². The first kappa shape index (κ1) is 10.4. The summed E-state index contributed by atoms with van der Waals surface area (Å²) in [7, 11) is 0. The second kappa shape index (κ2) is 3.81. The molecule has 2 rings (SSSR count). The Kier molecular flexibility index (Phi) is 2.48. The number of nitrogens with zero attached hydrogens (tertiary/aromatic N) is 1. The summed E-state index contributed by atoms with van der Waals surface area (Å²) in [4.78, 5) is 10.8. The van der Waals surface area contributed by atoms with Crippen molar-refractivity contribution < 1.29 is 14.4 Å². The molecule has 0 spiro atoms. The quantitative estimate of drug-likeness (QED) is 0.839. The predicted molar refractivity (Wildman–Crippen MR) is 58.4 cm³/mol. The molecule has 0 radical (unpaired) electrons. The maximum absolute atomic E-state index is 10.8. The number of aromatic nitrogens is 1. The average Bonchev–Trinajstić information content (AvgIpc) is 2.60. The standard InChI is InChI=1S/C12H11NO3/c1-7-4-3-5-9(6-7)11-8(2)10(12(14)15)13-16-11/h3-6H,1-2H3,(H,14,15). The zero-order valence-corrected chi connectivity index (χ0v) is 9.02.